The number of rotatable bonds is 3. The Morgan fingerprint density at radius 1 is 1.50 bits per heavy atom. The number of nitrogens with two attached hydrogens (primary N) is 1. The molecule has 106 valence electrons. The highest BCUT2D eigenvalue weighted by Crippen LogP contribution is 2.29. The summed E-state index contributed by atoms with van der Waals surface area (Å²) in [6.45, 7) is 0.105. The summed E-state index contributed by atoms with van der Waals surface area (Å²) in [5.74, 6) is -1.68. The molecule has 1 heterocycles. The van der Waals surface area contributed by atoms with Crippen LogP contribution in [0.15, 0.2) is 18.2 Å². The number of anilines is 1. The number of nitriles is 1. The SMILES string of the molecule is N#Cc1ccc(F)cc1N1CC(CS(N)(=O)=O)CC1=O. The van der Waals surface area contributed by atoms with Crippen molar-refractivity contribution in [2.45, 2.75) is 6.42 Å². The van der Waals surface area contributed by atoms with E-state index in [-0.39, 0.29) is 35.9 Å². The third-order valence-electron chi connectivity index (χ3n) is 3.04. The van der Waals surface area contributed by atoms with Crippen molar-refractivity contribution in [2.24, 2.45) is 11.1 Å². The monoisotopic (exact) mass is 297 g/mol. The predicted octanol–water partition coefficient (Wildman–Crippen LogP) is 0.339. The molecule has 1 fully saturated rings. The van der Waals surface area contributed by atoms with Crippen LogP contribution >= 0.6 is 0 Å². The maximum absolute atomic E-state index is 13.3. The maximum Gasteiger partial charge on any atom is 0.227 e. The van der Waals surface area contributed by atoms with Gasteiger partial charge in [0.25, 0.3) is 0 Å². The molecule has 1 saturated heterocycles. The van der Waals surface area contributed by atoms with Gasteiger partial charge in [0.15, 0.2) is 0 Å². The van der Waals surface area contributed by atoms with Crippen molar-refractivity contribution >= 4 is 21.6 Å². The van der Waals surface area contributed by atoms with Crippen LogP contribution in [0.5, 0.6) is 0 Å². The first-order valence-corrected chi connectivity index (χ1v) is 7.52. The lowest BCUT2D eigenvalue weighted by atomic mass is 10.1. The highest BCUT2D eigenvalue weighted by atomic mass is 32.2. The molecule has 8 heteroatoms. The second-order valence-corrected chi connectivity index (χ2v) is 6.34. The average Bonchev–Trinajstić information content (AvgIpc) is 2.67. The van der Waals surface area contributed by atoms with E-state index in [9.17, 15) is 17.6 Å². The van der Waals surface area contributed by atoms with Crippen molar-refractivity contribution < 1.29 is 17.6 Å². The van der Waals surface area contributed by atoms with Crippen molar-refractivity contribution in [1.29, 1.82) is 5.26 Å². The molecule has 0 spiro atoms. The van der Waals surface area contributed by atoms with Crippen molar-refractivity contribution in [3.05, 3.63) is 29.6 Å². The van der Waals surface area contributed by atoms with Crippen molar-refractivity contribution in [2.75, 3.05) is 17.2 Å². The van der Waals surface area contributed by atoms with Crippen LogP contribution in [0.4, 0.5) is 10.1 Å². The summed E-state index contributed by atoms with van der Waals surface area (Å²) in [5, 5.41) is 13.9. The largest absolute Gasteiger partial charge is 0.311 e. The summed E-state index contributed by atoms with van der Waals surface area (Å²) < 4.78 is 35.4. The molecule has 1 aromatic carbocycles. The molecule has 1 amide bonds. The Labute approximate surface area is 115 Å². The standard InChI is InChI=1S/C12H12FN3O3S/c13-10-2-1-9(5-14)11(4-10)16-6-8(3-12(16)17)7-20(15,18)19/h1-2,4,8H,3,6-7H2,(H2,15,18,19). The lowest BCUT2D eigenvalue weighted by Gasteiger charge is -2.18. The lowest BCUT2D eigenvalue weighted by molar-refractivity contribution is -0.117. The predicted molar refractivity (Wildman–Crippen MR) is 69.5 cm³/mol. The smallest absolute Gasteiger partial charge is 0.227 e. The van der Waals surface area contributed by atoms with Crippen LogP contribution in [-0.4, -0.2) is 26.6 Å². The average molecular weight is 297 g/mol. The minimum atomic E-state index is -3.68. The van der Waals surface area contributed by atoms with Crippen LogP contribution in [0.3, 0.4) is 0 Å². The second kappa shape index (κ2) is 5.19. The molecule has 0 aliphatic carbocycles. The van der Waals surface area contributed by atoms with Crippen LogP contribution < -0.4 is 10.0 Å². The number of hydrogen-bond donors (Lipinski definition) is 1. The first-order chi connectivity index (χ1) is 9.30. The zero-order valence-electron chi connectivity index (χ0n) is 10.4. The number of primary sulfonamides is 1. The van der Waals surface area contributed by atoms with Gasteiger partial charge in [-0.3, -0.25) is 4.79 Å². The Bertz CT molecular complexity index is 696. The van der Waals surface area contributed by atoms with Gasteiger partial charge in [0, 0.05) is 18.9 Å². The fourth-order valence-corrected chi connectivity index (χ4v) is 3.16. The molecular weight excluding hydrogens is 285 g/mol. The van der Waals surface area contributed by atoms with Crippen LogP contribution in [0.25, 0.3) is 0 Å². The third-order valence-corrected chi connectivity index (χ3v) is 3.98. The topological polar surface area (TPSA) is 104 Å². The highest BCUT2D eigenvalue weighted by Gasteiger charge is 2.34. The van der Waals surface area contributed by atoms with E-state index in [0.29, 0.717) is 0 Å². The number of carbonyl (C=O) groups is 1. The molecule has 1 aromatic rings. The quantitative estimate of drug-likeness (QED) is 0.868. The number of sulfonamides is 1. The molecule has 6 nitrogen and oxygen atoms in total. The van der Waals surface area contributed by atoms with Gasteiger partial charge in [-0.2, -0.15) is 5.26 Å². The van der Waals surface area contributed by atoms with Crippen molar-refractivity contribution in [3.63, 3.8) is 0 Å². The first kappa shape index (κ1) is 14.4. The number of benzene rings is 1. The van der Waals surface area contributed by atoms with E-state index in [0.717, 1.165) is 12.1 Å². The first-order valence-electron chi connectivity index (χ1n) is 5.80. The van der Waals surface area contributed by atoms with E-state index >= 15 is 0 Å². The molecule has 0 saturated carbocycles. The lowest BCUT2D eigenvalue weighted by Crippen LogP contribution is -2.28. The third kappa shape index (κ3) is 3.12. The summed E-state index contributed by atoms with van der Waals surface area (Å²) in [6.07, 6.45) is 0.0117. The van der Waals surface area contributed by atoms with E-state index in [1.165, 1.54) is 11.0 Å². The number of amides is 1. The molecule has 1 unspecified atom stereocenters. The van der Waals surface area contributed by atoms with Crippen molar-refractivity contribution in [3.8, 4) is 6.07 Å². The van der Waals surface area contributed by atoms with Gasteiger partial charge in [-0.1, -0.05) is 0 Å². The summed E-state index contributed by atoms with van der Waals surface area (Å²) in [5.41, 5.74) is 0.324. The molecule has 1 aliphatic heterocycles. The Morgan fingerprint density at radius 2 is 2.20 bits per heavy atom. The molecule has 20 heavy (non-hydrogen) atoms. The van der Waals surface area contributed by atoms with Gasteiger partial charge in [0.2, 0.25) is 15.9 Å². The fourth-order valence-electron chi connectivity index (χ4n) is 2.28. The van der Waals surface area contributed by atoms with E-state index in [4.69, 9.17) is 10.4 Å². The maximum atomic E-state index is 13.3. The van der Waals surface area contributed by atoms with Gasteiger partial charge in [-0.25, -0.2) is 17.9 Å². The molecule has 1 atom stereocenters. The number of halogens is 1. The van der Waals surface area contributed by atoms with E-state index < -0.39 is 21.8 Å². The van der Waals surface area contributed by atoms with Gasteiger partial charge in [0.1, 0.15) is 11.9 Å². The summed E-state index contributed by atoms with van der Waals surface area (Å²) in [4.78, 5) is 13.1. The Balaban J connectivity index is 2.29. The van der Waals surface area contributed by atoms with Crippen molar-refractivity contribution in [1.82, 2.24) is 0 Å². The van der Waals surface area contributed by atoms with Gasteiger partial charge < -0.3 is 4.90 Å². The highest BCUT2D eigenvalue weighted by molar-refractivity contribution is 7.89. The molecule has 0 aromatic heterocycles. The second-order valence-electron chi connectivity index (χ2n) is 4.68. The Morgan fingerprint density at radius 3 is 2.80 bits per heavy atom. The van der Waals surface area contributed by atoms with E-state index in [1.807, 2.05) is 6.07 Å². The van der Waals surface area contributed by atoms with Gasteiger partial charge in [-0.05, 0) is 18.2 Å². The number of nitrogens with zero attached hydrogens (tertiary/aromatic N) is 2. The Kier molecular flexibility index (Phi) is 3.74. The summed E-state index contributed by atoms with van der Waals surface area (Å²) in [6, 6.07) is 5.38. The van der Waals surface area contributed by atoms with E-state index in [2.05, 4.69) is 0 Å². The molecule has 1 aliphatic rings. The number of carbonyl (C=O) groups excluding carboxylic acids is 1. The molecule has 0 bridgehead atoms. The molecular formula is C12H12FN3O3S. The van der Waals surface area contributed by atoms with Crippen LogP contribution in [-0.2, 0) is 14.8 Å². The molecule has 2 rings (SSSR count). The summed E-state index contributed by atoms with van der Waals surface area (Å²) in [7, 11) is -3.68. The Hall–Kier alpha value is -1.98. The van der Waals surface area contributed by atoms with Gasteiger partial charge in [-0.15, -0.1) is 0 Å². The summed E-state index contributed by atoms with van der Waals surface area (Å²) >= 11 is 0. The zero-order chi connectivity index (χ0) is 14.9. The van der Waals surface area contributed by atoms with Gasteiger partial charge in [0.05, 0.1) is 17.0 Å². The van der Waals surface area contributed by atoms with Crippen LogP contribution in [0.1, 0.15) is 12.0 Å². The molecule has 0 radical (unpaired) electrons. The number of hydrogen-bond acceptors (Lipinski definition) is 4. The van der Waals surface area contributed by atoms with E-state index in [1.54, 1.807) is 0 Å². The minimum Gasteiger partial charge on any atom is -0.311 e. The van der Waals surface area contributed by atoms with Crippen LogP contribution in [0.2, 0.25) is 0 Å². The van der Waals surface area contributed by atoms with Gasteiger partial charge >= 0.3 is 0 Å². The molecule has 2 N–H and O–H groups in total. The minimum absolute atomic E-state index is 0.0117. The zero-order valence-corrected chi connectivity index (χ0v) is 11.2. The van der Waals surface area contributed by atoms with Crippen LogP contribution in [0, 0.1) is 23.1 Å². The normalized spacial score (nSPS) is 19.1. The fraction of sp³-hybridized carbons (Fsp3) is 0.333.